The number of piperazine rings is 1. The molecule has 1 heterocycles. The molecule has 7 nitrogen and oxygen atoms in total. The molecule has 2 aromatic rings. The van der Waals surface area contributed by atoms with Gasteiger partial charge in [0.25, 0.3) is 5.69 Å². The van der Waals surface area contributed by atoms with E-state index in [0.29, 0.717) is 6.07 Å². The maximum absolute atomic E-state index is 13.0. The van der Waals surface area contributed by atoms with E-state index in [1.54, 1.807) is 6.07 Å². The summed E-state index contributed by atoms with van der Waals surface area (Å²) in [4.78, 5) is 11.8. The van der Waals surface area contributed by atoms with Crippen LogP contribution < -0.4 is 4.90 Å². The Morgan fingerprint density at radius 2 is 1.60 bits per heavy atom. The van der Waals surface area contributed by atoms with Crippen LogP contribution in [-0.4, -0.2) is 43.8 Å². The third kappa shape index (κ3) is 4.34. The van der Waals surface area contributed by atoms with E-state index in [1.165, 1.54) is 27.4 Å². The summed E-state index contributed by atoms with van der Waals surface area (Å²) in [7, 11) is -3.89. The maximum Gasteiger partial charge on any atom is 0.418 e. The molecular weight excluding hydrogens is 470 g/mol. The number of sulfonamides is 1. The lowest BCUT2D eigenvalue weighted by molar-refractivity contribution is -0.384. The van der Waals surface area contributed by atoms with Crippen molar-refractivity contribution in [2.24, 2.45) is 0 Å². The van der Waals surface area contributed by atoms with Gasteiger partial charge < -0.3 is 4.90 Å². The number of anilines is 1. The van der Waals surface area contributed by atoms with E-state index in [9.17, 15) is 31.7 Å². The Hall–Kier alpha value is -2.08. The number of benzene rings is 2. The van der Waals surface area contributed by atoms with Crippen LogP contribution >= 0.6 is 23.2 Å². The van der Waals surface area contributed by atoms with Crippen molar-refractivity contribution in [3.05, 3.63) is 62.1 Å². The fourth-order valence-corrected chi connectivity index (χ4v) is 5.31. The second-order valence-electron chi connectivity index (χ2n) is 6.40. The highest BCUT2D eigenvalue weighted by molar-refractivity contribution is 7.89. The number of halogens is 5. The molecular formula is C17H14Cl2F3N3O4S. The Morgan fingerprint density at radius 1 is 1.00 bits per heavy atom. The molecule has 2 aromatic carbocycles. The molecule has 1 aliphatic heterocycles. The van der Waals surface area contributed by atoms with E-state index in [-0.39, 0.29) is 41.8 Å². The van der Waals surface area contributed by atoms with Gasteiger partial charge in [-0.2, -0.15) is 17.5 Å². The highest BCUT2D eigenvalue weighted by Crippen LogP contribution is 2.41. The van der Waals surface area contributed by atoms with Crippen LogP contribution in [0.1, 0.15) is 5.56 Å². The first kappa shape index (κ1) is 22.6. The molecule has 1 saturated heterocycles. The van der Waals surface area contributed by atoms with Gasteiger partial charge in [0.05, 0.1) is 20.5 Å². The van der Waals surface area contributed by atoms with Crippen LogP contribution in [0.5, 0.6) is 0 Å². The first-order valence-corrected chi connectivity index (χ1v) is 10.7. The van der Waals surface area contributed by atoms with Crippen LogP contribution in [0.3, 0.4) is 0 Å². The molecule has 0 bridgehead atoms. The molecule has 0 aliphatic carbocycles. The van der Waals surface area contributed by atoms with Crippen LogP contribution in [0, 0.1) is 10.1 Å². The number of hydrogen-bond donors (Lipinski definition) is 0. The molecule has 0 radical (unpaired) electrons. The fourth-order valence-electron chi connectivity index (χ4n) is 3.13. The molecule has 13 heteroatoms. The van der Waals surface area contributed by atoms with E-state index < -0.39 is 37.4 Å². The van der Waals surface area contributed by atoms with Crippen LogP contribution in [0.15, 0.2) is 41.3 Å². The summed E-state index contributed by atoms with van der Waals surface area (Å²) in [6.45, 7) is -0.0366. The highest BCUT2D eigenvalue weighted by Gasteiger charge is 2.38. The first-order chi connectivity index (χ1) is 13.9. The van der Waals surface area contributed by atoms with Gasteiger partial charge in [-0.25, -0.2) is 8.42 Å². The minimum Gasteiger partial charge on any atom is -0.363 e. The number of nitro groups is 1. The van der Waals surface area contributed by atoms with E-state index in [1.807, 2.05) is 0 Å². The zero-order chi connectivity index (χ0) is 22.3. The van der Waals surface area contributed by atoms with Crippen molar-refractivity contribution >= 4 is 44.6 Å². The summed E-state index contributed by atoms with van der Waals surface area (Å²) in [6, 6.07) is 7.21. The van der Waals surface area contributed by atoms with Gasteiger partial charge in [0.2, 0.25) is 10.0 Å². The third-order valence-corrected chi connectivity index (χ3v) is 7.31. The van der Waals surface area contributed by atoms with Gasteiger partial charge in [-0.15, -0.1) is 0 Å². The van der Waals surface area contributed by atoms with Gasteiger partial charge in [0.15, 0.2) is 0 Å². The lowest BCUT2D eigenvalue weighted by Crippen LogP contribution is -2.48. The van der Waals surface area contributed by atoms with Crippen molar-refractivity contribution in [2.45, 2.75) is 11.1 Å². The molecule has 1 fully saturated rings. The quantitative estimate of drug-likeness (QED) is 0.474. The fraction of sp³-hybridized carbons (Fsp3) is 0.294. The Bertz CT molecular complexity index is 1090. The predicted octanol–water partition coefficient (Wildman–Crippen LogP) is 4.43. The van der Waals surface area contributed by atoms with Crippen LogP contribution in [-0.2, 0) is 16.2 Å². The Balaban J connectivity index is 1.87. The van der Waals surface area contributed by atoms with Crippen molar-refractivity contribution in [1.82, 2.24) is 4.31 Å². The normalized spacial score (nSPS) is 16.0. The summed E-state index contributed by atoms with van der Waals surface area (Å²) in [5.41, 5.74) is -2.17. The van der Waals surface area contributed by atoms with Gasteiger partial charge in [0, 0.05) is 32.2 Å². The second-order valence-corrected chi connectivity index (χ2v) is 9.12. The van der Waals surface area contributed by atoms with Crippen molar-refractivity contribution in [3.8, 4) is 0 Å². The summed E-state index contributed by atoms with van der Waals surface area (Å²) in [5.74, 6) is 0. The number of rotatable bonds is 4. The van der Waals surface area contributed by atoms with E-state index in [2.05, 4.69) is 0 Å². The van der Waals surface area contributed by atoms with E-state index in [0.717, 1.165) is 6.07 Å². The average Bonchev–Trinajstić information content (AvgIpc) is 2.67. The van der Waals surface area contributed by atoms with Crippen LogP contribution in [0.2, 0.25) is 10.0 Å². The van der Waals surface area contributed by atoms with Crippen molar-refractivity contribution < 1.29 is 26.5 Å². The van der Waals surface area contributed by atoms with Crippen molar-refractivity contribution in [2.75, 3.05) is 31.1 Å². The first-order valence-electron chi connectivity index (χ1n) is 8.47. The standard InChI is InChI=1S/C17H14Cl2F3N3O4S/c18-12-3-1-2-4-16(12)30(28,29)24-7-5-23(6-8-24)14-10-13(19)11(17(20,21)22)9-15(14)25(26)27/h1-4,9-10H,5-8H2. The monoisotopic (exact) mass is 483 g/mol. The molecule has 0 spiro atoms. The minimum atomic E-state index is -4.85. The lowest BCUT2D eigenvalue weighted by atomic mass is 10.1. The second kappa shape index (κ2) is 8.22. The highest BCUT2D eigenvalue weighted by atomic mass is 35.5. The summed E-state index contributed by atoms with van der Waals surface area (Å²) >= 11 is 11.7. The van der Waals surface area contributed by atoms with Crippen molar-refractivity contribution in [1.29, 1.82) is 0 Å². The molecule has 0 saturated carbocycles. The van der Waals surface area contributed by atoms with Gasteiger partial charge in [-0.05, 0) is 18.2 Å². The maximum atomic E-state index is 13.0. The largest absolute Gasteiger partial charge is 0.418 e. The Morgan fingerprint density at radius 3 is 2.13 bits per heavy atom. The molecule has 0 aromatic heterocycles. The van der Waals surface area contributed by atoms with Gasteiger partial charge in [0.1, 0.15) is 10.6 Å². The molecule has 3 rings (SSSR count). The summed E-state index contributed by atoms with van der Waals surface area (Å²) < 4.78 is 65.9. The number of nitrogens with zero attached hydrogens (tertiary/aromatic N) is 3. The number of nitro benzene ring substituents is 1. The smallest absolute Gasteiger partial charge is 0.363 e. The van der Waals surface area contributed by atoms with E-state index >= 15 is 0 Å². The summed E-state index contributed by atoms with van der Waals surface area (Å²) in [6.07, 6.45) is -4.85. The predicted molar refractivity (Wildman–Crippen MR) is 106 cm³/mol. The number of hydrogen-bond acceptors (Lipinski definition) is 5. The molecule has 0 N–H and O–H groups in total. The minimum absolute atomic E-state index is 0.0201. The lowest BCUT2D eigenvalue weighted by Gasteiger charge is -2.35. The molecule has 0 unspecified atom stereocenters. The van der Waals surface area contributed by atoms with Gasteiger partial charge in [-0.1, -0.05) is 35.3 Å². The van der Waals surface area contributed by atoms with Gasteiger partial charge in [-0.3, -0.25) is 10.1 Å². The van der Waals surface area contributed by atoms with Crippen molar-refractivity contribution in [3.63, 3.8) is 0 Å². The van der Waals surface area contributed by atoms with E-state index in [4.69, 9.17) is 23.2 Å². The number of alkyl halides is 3. The Labute approximate surface area is 179 Å². The zero-order valence-electron chi connectivity index (χ0n) is 15.1. The van der Waals surface area contributed by atoms with Gasteiger partial charge >= 0.3 is 6.18 Å². The SMILES string of the molecule is O=[N+]([O-])c1cc(C(F)(F)F)c(Cl)cc1N1CCN(S(=O)(=O)c2ccccc2Cl)CC1. The molecule has 1 aliphatic rings. The zero-order valence-corrected chi connectivity index (χ0v) is 17.4. The molecule has 0 amide bonds. The molecule has 162 valence electrons. The molecule has 0 atom stereocenters. The topological polar surface area (TPSA) is 83.8 Å². The summed E-state index contributed by atoms with van der Waals surface area (Å²) in [5, 5.41) is 10.7. The van der Waals surface area contributed by atoms with Crippen LogP contribution in [0.4, 0.5) is 24.5 Å². The third-order valence-electron chi connectivity index (χ3n) is 4.60. The van der Waals surface area contributed by atoms with Crippen LogP contribution in [0.25, 0.3) is 0 Å². The Kier molecular flexibility index (Phi) is 6.19. The average molecular weight is 484 g/mol. The molecule has 30 heavy (non-hydrogen) atoms.